The fourth-order valence-corrected chi connectivity index (χ4v) is 1.42. The molecule has 0 saturated heterocycles. The van der Waals surface area contributed by atoms with Crippen LogP contribution in [0.15, 0.2) is 23.7 Å². The number of allylic oxidation sites excluding steroid dienone is 4. The summed E-state index contributed by atoms with van der Waals surface area (Å²) in [5.74, 6) is 0.965. The quantitative estimate of drug-likeness (QED) is 0.433. The molecule has 2 N–H and O–H groups in total. The van der Waals surface area contributed by atoms with E-state index in [1.807, 2.05) is 27.7 Å². The first-order valence-electron chi connectivity index (χ1n) is 6.84. The van der Waals surface area contributed by atoms with Crippen LogP contribution in [0.4, 0.5) is 0 Å². The summed E-state index contributed by atoms with van der Waals surface area (Å²) in [5.41, 5.74) is 0. The molecule has 0 spiro atoms. The smallest absolute Gasteiger partial charge is 0.155 e. The maximum absolute atomic E-state index is 10.4. The fraction of sp³-hybridized carbons (Fsp3) is 0.625. The molecule has 0 aromatic heterocycles. The summed E-state index contributed by atoms with van der Waals surface area (Å²) in [4.78, 5) is 20.8. The van der Waals surface area contributed by atoms with Gasteiger partial charge in [-0.3, -0.25) is 9.59 Å². The Morgan fingerprint density at radius 2 is 1.05 bits per heavy atom. The van der Waals surface area contributed by atoms with Crippen LogP contribution in [0.3, 0.4) is 0 Å². The van der Waals surface area contributed by atoms with Gasteiger partial charge in [0.05, 0.1) is 11.5 Å². The molecule has 124 valence electrons. The molecule has 0 radical (unpaired) electrons. The Morgan fingerprint density at radius 3 is 1.19 bits per heavy atom. The van der Waals surface area contributed by atoms with Crippen molar-refractivity contribution in [3.05, 3.63) is 23.7 Å². The molecule has 4 nitrogen and oxygen atoms in total. The van der Waals surface area contributed by atoms with Crippen LogP contribution in [0.2, 0.25) is 0 Å². The number of aliphatic hydroxyl groups is 2. The van der Waals surface area contributed by atoms with E-state index in [-0.39, 0.29) is 40.2 Å². The summed E-state index contributed by atoms with van der Waals surface area (Å²) < 4.78 is 0. The zero-order valence-electron chi connectivity index (χ0n) is 13.8. The Labute approximate surface area is 138 Å². The normalized spacial score (nSPS) is 11.6. The number of aliphatic hydroxyl groups excluding tert-OH is 2. The largest absolute Gasteiger partial charge is 0.512 e. The number of hydrogen-bond donors (Lipinski definition) is 2. The van der Waals surface area contributed by atoms with Gasteiger partial charge in [0.1, 0.15) is 0 Å². The molecule has 0 aliphatic heterocycles. The third-order valence-corrected chi connectivity index (χ3v) is 1.97. The van der Waals surface area contributed by atoms with E-state index in [2.05, 4.69) is 0 Å². The van der Waals surface area contributed by atoms with Crippen molar-refractivity contribution in [3.63, 3.8) is 0 Å². The minimum atomic E-state index is -0.0989. The van der Waals surface area contributed by atoms with Crippen LogP contribution in [0, 0.1) is 11.8 Å². The Kier molecular flexibility index (Phi) is 16.5. The molecule has 0 aromatic rings. The summed E-state index contributed by atoms with van der Waals surface area (Å²) in [5, 5.41) is 18.1. The van der Waals surface area contributed by atoms with E-state index >= 15 is 0 Å². The van der Waals surface area contributed by atoms with Crippen LogP contribution in [0.5, 0.6) is 0 Å². The Balaban J connectivity index is -0.000000295. The van der Waals surface area contributed by atoms with Crippen molar-refractivity contribution in [2.45, 2.75) is 54.4 Å². The molecule has 5 heteroatoms. The zero-order valence-corrected chi connectivity index (χ0v) is 14.9. The number of carbonyl (C=O) groups is 2. The molecule has 0 heterocycles. The van der Waals surface area contributed by atoms with E-state index < -0.39 is 0 Å². The van der Waals surface area contributed by atoms with Crippen molar-refractivity contribution >= 4 is 11.6 Å². The van der Waals surface area contributed by atoms with E-state index in [9.17, 15) is 9.59 Å². The van der Waals surface area contributed by atoms with Crippen LogP contribution in [-0.2, 0) is 26.7 Å². The van der Waals surface area contributed by atoms with Crippen LogP contribution in [0.1, 0.15) is 54.4 Å². The second kappa shape index (κ2) is 13.9. The molecular formula is C16H28FeO4. The first-order valence-corrected chi connectivity index (χ1v) is 6.84. The third-order valence-electron chi connectivity index (χ3n) is 1.97. The average molecular weight is 340 g/mol. The first kappa shape index (κ1) is 24.9. The van der Waals surface area contributed by atoms with Gasteiger partial charge in [-0.2, -0.15) is 0 Å². The molecule has 0 saturated carbocycles. The summed E-state index contributed by atoms with van der Waals surface area (Å²) >= 11 is 0. The zero-order chi connectivity index (χ0) is 16.3. The van der Waals surface area contributed by atoms with Crippen molar-refractivity contribution < 1.29 is 36.9 Å². The Bertz CT molecular complexity index is 332. The van der Waals surface area contributed by atoms with Gasteiger partial charge in [-0.1, -0.05) is 27.7 Å². The molecule has 0 aliphatic rings. The van der Waals surface area contributed by atoms with Crippen LogP contribution in [-0.4, -0.2) is 21.8 Å². The van der Waals surface area contributed by atoms with Gasteiger partial charge in [0.25, 0.3) is 0 Å². The molecule has 0 fully saturated rings. The standard InChI is InChI=1S/2C8H14O2.Fe/c2*1-6(2)4-8(10)5-7(3)9;/h2*5-6,10H,4H2,1-3H3;. The van der Waals surface area contributed by atoms with Gasteiger partial charge in [-0.05, 0) is 25.7 Å². The van der Waals surface area contributed by atoms with Crippen molar-refractivity contribution in [3.8, 4) is 0 Å². The number of rotatable bonds is 6. The van der Waals surface area contributed by atoms with Gasteiger partial charge in [0.2, 0.25) is 0 Å². The maximum atomic E-state index is 10.4. The maximum Gasteiger partial charge on any atom is 0.155 e. The Hall–Kier alpha value is -1.06. The molecular weight excluding hydrogens is 312 g/mol. The van der Waals surface area contributed by atoms with Crippen molar-refractivity contribution in [2.75, 3.05) is 0 Å². The first-order chi connectivity index (χ1) is 9.04. The van der Waals surface area contributed by atoms with E-state index in [4.69, 9.17) is 10.2 Å². The molecule has 0 amide bonds. The molecule has 0 unspecified atom stereocenters. The topological polar surface area (TPSA) is 74.6 Å². The molecule has 0 aromatic carbocycles. The number of hydrogen-bond acceptors (Lipinski definition) is 4. The minimum Gasteiger partial charge on any atom is -0.512 e. The number of ketones is 2. The second-order valence-corrected chi connectivity index (χ2v) is 5.69. The summed E-state index contributed by atoms with van der Waals surface area (Å²) in [6.07, 6.45) is 3.69. The van der Waals surface area contributed by atoms with Crippen molar-refractivity contribution in [1.29, 1.82) is 0 Å². The van der Waals surface area contributed by atoms with Crippen LogP contribution in [0.25, 0.3) is 0 Å². The van der Waals surface area contributed by atoms with E-state index in [1.165, 1.54) is 26.0 Å². The van der Waals surface area contributed by atoms with Gasteiger partial charge < -0.3 is 10.2 Å². The summed E-state index contributed by atoms with van der Waals surface area (Å²) in [7, 11) is 0. The predicted molar refractivity (Wildman–Crippen MR) is 81.7 cm³/mol. The Morgan fingerprint density at radius 1 is 0.810 bits per heavy atom. The molecule has 21 heavy (non-hydrogen) atoms. The van der Waals surface area contributed by atoms with Crippen molar-refractivity contribution in [1.82, 2.24) is 0 Å². The molecule has 0 bridgehead atoms. The molecule has 0 atom stereocenters. The van der Waals surface area contributed by atoms with E-state index in [1.54, 1.807) is 0 Å². The summed E-state index contributed by atoms with van der Waals surface area (Å²) in [6, 6.07) is 0. The summed E-state index contributed by atoms with van der Waals surface area (Å²) in [6.45, 7) is 10.8. The van der Waals surface area contributed by atoms with Gasteiger partial charge in [0.15, 0.2) is 11.6 Å². The third kappa shape index (κ3) is 24.3. The van der Waals surface area contributed by atoms with Gasteiger partial charge in [-0.25, -0.2) is 0 Å². The number of carbonyl (C=O) groups excluding carboxylic acids is 2. The fourth-order valence-electron chi connectivity index (χ4n) is 1.42. The SMILES string of the molecule is CC(=O)C=C(O)CC(C)C.CC(=O)C=C(O)CC(C)C.[Fe]. The molecule has 0 aliphatic carbocycles. The van der Waals surface area contributed by atoms with Gasteiger partial charge in [0, 0.05) is 42.1 Å². The van der Waals surface area contributed by atoms with Crippen molar-refractivity contribution in [2.24, 2.45) is 11.8 Å². The van der Waals surface area contributed by atoms with Gasteiger partial charge in [-0.15, -0.1) is 0 Å². The van der Waals surface area contributed by atoms with E-state index in [0.29, 0.717) is 24.7 Å². The minimum absolute atomic E-state index is 0. The average Bonchev–Trinajstić information content (AvgIpc) is 2.11. The van der Waals surface area contributed by atoms with E-state index in [0.717, 1.165) is 0 Å². The second-order valence-electron chi connectivity index (χ2n) is 5.69. The van der Waals surface area contributed by atoms with Crippen LogP contribution >= 0.6 is 0 Å². The monoisotopic (exact) mass is 340 g/mol. The van der Waals surface area contributed by atoms with Gasteiger partial charge >= 0.3 is 0 Å². The molecule has 0 rings (SSSR count). The predicted octanol–water partition coefficient (Wildman–Crippen LogP) is 4.12. The van der Waals surface area contributed by atoms with Crippen LogP contribution < -0.4 is 0 Å².